The van der Waals surface area contributed by atoms with Crippen LogP contribution in [0.3, 0.4) is 0 Å². The molecule has 1 amide bonds. The van der Waals surface area contributed by atoms with E-state index in [0.717, 1.165) is 62.5 Å². The Bertz CT molecular complexity index is 804. The van der Waals surface area contributed by atoms with E-state index in [9.17, 15) is 4.79 Å². The maximum Gasteiger partial charge on any atom is 0.229 e. The Morgan fingerprint density at radius 3 is 2.38 bits per heavy atom. The molecule has 0 unspecified atom stereocenters. The lowest BCUT2D eigenvalue weighted by Gasteiger charge is -2.35. The molecule has 156 valence electrons. The third kappa shape index (κ3) is 5.21. The number of nitrogens with zero attached hydrogens (tertiary/aromatic N) is 4. The molecule has 1 aliphatic heterocycles. The van der Waals surface area contributed by atoms with Crippen molar-refractivity contribution < 1.29 is 9.90 Å². The van der Waals surface area contributed by atoms with Crippen molar-refractivity contribution in [1.29, 1.82) is 0 Å². The van der Waals surface area contributed by atoms with Crippen LogP contribution in [0.2, 0.25) is 0 Å². The average Bonchev–Trinajstić information content (AvgIpc) is 2.75. The fraction of sp³-hybridized carbons (Fsp3) is 0.476. The van der Waals surface area contributed by atoms with Crippen LogP contribution in [0, 0.1) is 0 Å². The third-order valence-corrected chi connectivity index (χ3v) is 5.25. The first-order valence-corrected chi connectivity index (χ1v) is 10.2. The number of aryl methyl sites for hydroxylation is 1. The molecule has 2 heterocycles. The van der Waals surface area contributed by atoms with Gasteiger partial charge in [-0.05, 0) is 37.1 Å². The molecule has 0 bridgehead atoms. The van der Waals surface area contributed by atoms with Crippen molar-refractivity contribution in [1.82, 2.24) is 14.9 Å². The number of aromatic nitrogens is 2. The van der Waals surface area contributed by atoms with E-state index in [0.29, 0.717) is 18.2 Å². The standard InChI is InChI=1S/C21H30N6O2/c1-3-18-19(4-2)24-21(25-20(18)22-15-29)23-16-5-7-17(8-6-16)27-11-9-26(10-12-27)13-14-28/h5-8,15,28H,3-4,9-14H2,1-2H3,(H2,22,23,24,25,29). The van der Waals surface area contributed by atoms with E-state index in [-0.39, 0.29) is 6.61 Å². The molecule has 1 aromatic carbocycles. The first-order chi connectivity index (χ1) is 14.2. The maximum absolute atomic E-state index is 10.9. The molecule has 0 radical (unpaired) electrons. The average molecular weight is 399 g/mol. The quantitative estimate of drug-likeness (QED) is 0.557. The van der Waals surface area contributed by atoms with Crippen LogP contribution in [-0.4, -0.2) is 65.7 Å². The molecular weight excluding hydrogens is 368 g/mol. The molecule has 1 fully saturated rings. The normalized spacial score (nSPS) is 14.7. The van der Waals surface area contributed by atoms with Gasteiger partial charge in [0.25, 0.3) is 0 Å². The molecule has 8 nitrogen and oxygen atoms in total. The smallest absolute Gasteiger partial charge is 0.229 e. The summed E-state index contributed by atoms with van der Waals surface area (Å²) in [5, 5.41) is 15.0. The molecule has 0 saturated carbocycles. The highest BCUT2D eigenvalue weighted by Crippen LogP contribution is 2.24. The van der Waals surface area contributed by atoms with Crippen LogP contribution in [0.1, 0.15) is 25.1 Å². The van der Waals surface area contributed by atoms with Gasteiger partial charge in [-0.15, -0.1) is 0 Å². The predicted molar refractivity (Wildman–Crippen MR) is 116 cm³/mol. The largest absolute Gasteiger partial charge is 0.395 e. The van der Waals surface area contributed by atoms with Crippen LogP contribution in [0.5, 0.6) is 0 Å². The van der Waals surface area contributed by atoms with E-state index < -0.39 is 0 Å². The highest BCUT2D eigenvalue weighted by Gasteiger charge is 2.17. The molecule has 8 heteroatoms. The minimum Gasteiger partial charge on any atom is -0.395 e. The van der Waals surface area contributed by atoms with Crippen LogP contribution in [0.25, 0.3) is 0 Å². The predicted octanol–water partition coefficient (Wildman–Crippen LogP) is 2.03. The van der Waals surface area contributed by atoms with Gasteiger partial charge in [0.15, 0.2) is 0 Å². The highest BCUT2D eigenvalue weighted by molar-refractivity contribution is 5.72. The fourth-order valence-electron chi connectivity index (χ4n) is 3.68. The zero-order valence-corrected chi connectivity index (χ0v) is 17.2. The van der Waals surface area contributed by atoms with E-state index in [1.54, 1.807) is 0 Å². The van der Waals surface area contributed by atoms with Crippen LogP contribution >= 0.6 is 0 Å². The van der Waals surface area contributed by atoms with E-state index in [1.807, 2.05) is 26.0 Å². The lowest BCUT2D eigenvalue weighted by Crippen LogP contribution is -2.47. The van der Waals surface area contributed by atoms with Gasteiger partial charge in [0.2, 0.25) is 12.4 Å². The van der Waals surface area contributed by atoms with Crippen LogP contribution in [0.15, 0.2) is 24.3 Å². The molecular formula is C21H30N6O2. The van der Waals surface area contributed by atoms with Crippen LogP contribution in [-0.2, 0) is 17.6 Å². The van der Waals surface area contributed by atoms with Gasteiger partial charge in [0, 0.05) is 49.7 Å². The number of hydrogen-bond donors (Lipinski definition) is 3. The van der Waals surface area contributed by atoms with Crippen LogP contribution < -0.4 is 15.5 Å². The number of rotatable bonds is 9. The number of benzene rings is 1. The number of carbonyl (C=O) groups excluding carboxylic acids is 1. The number of β-amino-alcohol motifs (C(OH)–C–C–N with tert-alkyl or cyclic N) is 1. The molecule has 0 spiro atoms. The summed E-state index contributed by atoms with van der Waals surface area (Å²) in [6.07, 6.45) is 2.19. The summed E-state index contributed by atoms with van der Waals surface area (Å²) in [6, 6.07) is 8.22. The zero-order valence-electron chi connectivity index (χ0n) is 17.2. The van der Waals surface area contributed by atoms with E-state index in [4.69, 9.17) is 5.11 Å². The Kier molecular flexibility index (Phi) is 7.37. The van der Waals surface area contributed by atoms with Crippen molar-refractivity contribution in [3.8, 4) is 0 Å². The monoisotopic (exact) mass is 398 g/mol. The third-order valence-electron chi connectivity index (χ3n) is 5.25. The molecule has 0 atom stereocenters. The Labute approximate surface area is 172 Å². The number of amides is 1. The second-order valence-electron chi connectivity index (χ2n) is 7.01. The van der Waals surface area contributed by atoms with E-state index >= 15 is 0 Å². The number of piperazine rings is 1. The lowest BCUT2D eigenvalue weighted by molar-refractivity contribution is -0.105. The highest BCUT2D eigenvalue weighted by atomic mass is 16.3. The maximum atomic E-state index is 10.9. The number of aliphatic hydroxyl groups is 1. The van der Waals surface area contributed by atoms with E-state index in [1.165, 1.54) is 5.69 Å². The second kappa shape index (κ2) is 10.2. The van der Waals surface area contributed by atoms with Crippen molar-refractivity contribution in [2.75, 3.05) is 54.9 Å². The number of nitrogens with one attached hydrogen (secondary N) is 2. The summed E-state index contributed by atoms with van der Waals surface area (Å²) in [6.45, 7) is 8.87. The SMILES string of the molecule is CCc1nc(Nc2ccc(N3CCN(CCO)CC3)cc2)nc(NC=O)c1CC. The molecule has 1 aliphatic rings. The Morgan fingerprint density at radius 2 is 1.79 bits per heavy atom. The van der Waals surface area contributed by atoms with Crippen molar-refractivity contribution >= 4 is 29.6 Å². The summed E-state index contributed by atoms with van der Waals surface area (Å²) in [5.41, 5.74) is 3.99. The van der Waals surface area contributed by atoms with Gasteiger partial charge in [-0.3, -0.25) is 9.69 Å². The summed E-state index contributed by atoms with van der Waals surface area (Å²) >= 11 is 0. The summed E-state index contributed by atoms with van der Waals surface area (Å²) in [5.74, 6) is 1.04. The molecule has 3 rings (SSSR count). The van der Waals surface area contributed by atoms with Crippen molar-refractivity contribution in [3.63, 3.8) is 0 Å². The van der Waals surface area contributed by atoms with Gasteiger partial charge in [-0.1, -0.05) is 13.8 Å². The number of anilines is 4. The van der Waals surface area contributed by atoms with E-state index in [2.05, 4.69) is 42.5 Å². The Morgan fingerprint density at radius 1 is 1.07 bits per heavy atom. The van der Waals surface area contributed by atoms with Gasteiger partial charge in [-0.2, -0.15) is 4.98 Å². The van der Waals surface area contributed by atoms with Gasteiger partial charge in [0.05, 0.1) is 12.3 Å². The van der Waals surface area contributed by atoms with Crippen LogP contribution in [0.4, 0.5) is 23.1 Å². The molecule has 3 N–H and O–H groups in total. The summed E-state index contributed by atoms with van der Waals surface area (Å²) in [7, 11) is 0. The van der Waals surface area contributed by atoms with Gasteiger partial charge >= 0.3 is 0 Å². The van der Waals surface area contributed by atoms with Gasteiger partial charge in [0.1, 0.15) is 5.82 Å². The zero-order chi connectivity index (χ0) is 20.6. The number of aliphatic hydroxyl groups excluding tert-OH is 1. The van der Waals surface area contributed by atoms with Gasteiger partial charge < -0.3 is 20.6 Å². The first-order valence-electron chi connectivity index (χ1n) is 10.2. The molecule has 2 aromatic rings. The van der Waals surface area contributed by atoms with Crippen molar-refractivity contribution in [2.24, 2.45) is 0 Å². The molecule has 1 aromatic heterocycles. The molecule has 29 heavy (non-hydrogen) atoms. The molecule has 0 aliphatic carbocycles. The minimum atomic E-state index is 0.214. The first kappa shape index (κ1) is 21.0. The summed E-state index contributed by atoms with van der Waals surface area (Å²) in [4.78, 5) is 24.7. The van der Waals surface area contributed by atoms with Gasteiger partial charge in [-0.25, -0.2) is 4.98 Å². The fourth-order valence-corrected chi connectivity index (χ4v) is 3.68. The summed E-state index contributed by atoms with van der Waals surface area (Å²) < 4.78 is 0. The lowest BCUT2D eigenvalue weighted by atomic mass is 10.1. The Balaban J connectivity index is 1.70. The Hall–Kier alpha value is -2.71. The number of carbonyl (C=O) groups is 1. The van der Waals surface area contributed by atoms with Crippen molar-refractivity contribution in [2.45, 2.75) is 26.7 Å². The topological polar surface area (TPSA) is 93.6 Å². The minimum absolute atomic E-state index is 0.214. The van der Waals surface area contributed by atoms with Crippen molar-refractivity contribution in [3.05, 3.63) is 35.5 Å². The molecule has 1 saturated heterocycles. The second-order valence-corrected chi connectivity index (χ2v) is 7.01. The number of hydrogen-bond acceptors (Lipinski definition) is 7.